The summed E-state index contributed by atoms with van der Waals surface area (Å²) in [5.41, 5.74) is 1.17. The summed E-state index contributed by atoms with van der Waals surface area (Å²) in [5, 5.41) is 11.1. The van der Waals surface area contributed by atoms with Crippen LogP contribution >= 0.6 is 0 Å². The molecular weight excluding hydrogens is 378 g/mol. The van der Waals surface area contributed by atoms with Gasteiger partial charge in [0, 0.05) is 6.07 Å². The molecule has 0 bridgehead atoms. The third-order valence-corrected chi connectivity index (χ3v) is 4.17. The number of rotatable bonds is 7. The molecule has 0 radical (unpaired) electrons. The summed E-state index contributed by atoms with van der Waals surface area (Å²) in [6.45, 7) is 0.991. The Kier molecular flexibility index (Phi) is 5.82. The number of benzene rings is 2. The van der Waals surface area contributed by atoms with Gasteiger partial charge >= 0.3 is 5.97 Å². The monoisotopic (exact) mass is 397 g/mol. The highest BCUT2D eigenvalue weighted by Crippen LogP contribution is 2.35. The first-order chi connectivity index (χ1) is 13.9. The highest BCUT2D eigenvalue weighted by molar-refractivity contribution is 6.14. The van der Waals surface area contributed by atoms with E-state index in [4.69, 9.17) is 19.3 Å². The van der Waals surface area contributed by atoms with Gasteiger partial charge in [-0.25, -0.2) is 0 Å². The lowest BCUT2D eigenvalue weighted by Gasteiger charge is -2.10. The van der Waals surface area contributed by atoms with Gasteiger partial charge in [0.1, 0.15) is 23.3 Å². The molecule has 8 heteroatoms. The second kappa shape index (κ2) is 8.47. The maximum Gasteiger partial charge on any atom is 0.325 e. The highest BCUT2D eigenvalue weighted by Gasteiger charge is 2.27. The summed E-state index contributed by atoms with van der Waals surface area (Å²) >= 11 is 0. The molecule has 0 saturated carbocycles. The van der Waals surface area contributed by atoms with Crippen LogP contribution in [0.1, 0.15) is 22.8 Å². The summed E-state index contributed by atoms with van der Waals surface area (Å²) in [4.78, 5) is 35.0. The summed E-state index contributed by atoms with van der Waals surface area (Å²) in [6.07, 6.45) is 1.63. The van der Waals surface area contributed by atoms with Crippen LogP contribution in [-0.4, -0.2) is 42.5 Å². The van der Waals surface area contributed by atoms with E-state index in [-0.39, 0.29) is 18.1 Å². The van der Waals surface area contributed by atoms with Crippen LogP contribution in [0.2, 0.25) is 0 Å². The molecule has 0 fully saturated rings. The van der Waals surface area contributed by atoms with Crippen molar-refractivity contribution in [2.24, 2.45) is 0 Å². The van der Waals surface area contributed by atoms with Crippen molar-refractivity contribution >= 4 is 23.7 Å². The highest BCUT2D eigenvalue weighted by atomic mass is 16.5. The van der Waals surface area contributed by atoms with Gasteiger partial charge in [-0.15, -0.1) is 0 Å². The van der Waals surface area contributed by atoms with Crippen LogP contribution < -0.4 is 19.5 Å². The molecule has 150 valence electrons. The summed E-state index contributed by atoms with van der Waals surface area (Å²) in [5.74, 6) is -0.438. The Morgan fingerprint density at radius 3 is 2.52 bits per heavy atom. The van der Waals surface area contributed by atoms with Crippen LogP contribution in [0.4, 0.5) is 0 Å². The van der Waals surface area contributed by atoms with E-state index in [0.29, 0.717) is 22.8 Å². The average Bonchev–Trinajstić information content (AvgIpc) is 3.01. The Morgan fingerprint density at radius 1 is 1.17 bits per heavy atom. The molecule has 8 nitrogen and oxygen atoms in total. The quantitative estimate of drug-likeness (QED) is 0.690. The number of ketones is 1. The molecule has 1 amide bonds. The van der Waals surface area contributed by atoms with E-state index >= 15 is 0 Å². The number of nitrogens with one attached hydrogen (secondary N) is 1. The minimum absolute atomic E-state index is 0.176. The minimum Gasteiger partial charge on any atom is -0.497 e. The maximum absolute atomic E-state index is 12.5. The Balaban J connectivity index is 1.66. The van der Waals surface area contributed by atoms with Gasteiger partial charge < -0.3 is 24.6 Å². The summed E-state index contributed by atoms with van der Waals surface area (Å²) < 4.78 is 16.1. The number of methoxy groups -OCH3 is 1. The SMILES string of the molecule is COc1ccc(/C=C2\Oc3cc(OCC(=O)N[C@H](C)C(=O)O)ccc3C2=O)cc1. The molecule has 0 spiro atoms. The van der Waals surface area contributed by atoms with Gasteiger partial charge in [0.15, 0.2) is 12.4 Å². The van der Waals surface area contributed by atoms with Crippen LogP contribution in [0.5, 0.6) is 17.2 Å². The standard InChI is InChI=1S/C21H19NO7/c1-12(21(25)26)22-19(23)11-28-15-7-8-16-17(10-15)29-18(20(16)24)9-13-3-5-14(27-2)6-4-13/h3-10,12H,11H2,1-2H3,(H,22,23)(H,25,26)/b18-9-/t12-/m1/s1. The number of Topliss-reactive ketones (excluding diaryl/α,β-unsaturated/α-hetero) is 1. The topological polar surface area (TPSA) is 111 Å². The molecule has 1 aliphatic rings. The first-order valence-electron chi connectivity index (χ1n) is 8.74. The van der Waals surface area contributed by atoms with Gasteiger partial charge in [0.2, 0.25) is 5.78 Å². The first kappa shape index (κ1) is 19.9. The van der Waals surface area contributed by atoms with E-state index in [1.165, 1.54) is 13.0 Å². The number of carbonyl (C=O) groups is 3. The zero-order valence-corrected chi connectivity index (χ0v) is 15.8. The number of amides is 1. The number of fused-ring (bicyclic) bond motifs is 1. The van der Waals surface area contributed by atoms with E-state index in [1.807, 2.05) is 0 Å². The van der Waals surface area contributed by atoms with E-state index in [9.17, 15) is 14.4 Å². The lowest BCUT2D eigenvalue weighted by Crippen LogP contribution is -2.40. The lowest BCUT2D eigenvalue weighted by atomic mass is 10.1. The number of hydrogen-bond donors (Lipinski definition) is 2. The van der Waals surface area contributed by atoms with E-state index in [1.54, 1.807) is 49.6 Å². The van der Waals surface area contributed by atoms with Crippen LogP contribution in [0.3, 0.4) is 0 Å². The molecule has 0 aliphatic carbocycles. The number of allylic oxidation sites excluding steroid dienone is 1. The van der Waals surface area contributed by atoms with Crippen LogP contribution in [0.15, 0.2) is 48.2 Å². The number of hydrogen-bond acceptors (Lipinski definition) is 6. The van der Waals surface area contributed by atoms with Crippen molar-refractivity contribution in [2.45, 2.75) is 13.0 Å². The fraction of sp³-hybridized carbons (Fsp3) is 0.190. The Labute approximate surface area is 166 Å². The van der Waals surface area contributed by atoms with Gasteiger partial charge in [-0.1, -0.05) is 12.1 Å². The Morgan fingerprint density at radius 2 is 1.86 bits per heavy atom. The minimum atomic E-state index is -1.14. The number of carboxylic acid groups (broad SMARTS) is 1. The number of aliphatic carboxylic acids is 1. The first-order valence-corrected chi connectivity index (χ1v) is 8.74. The molecule has 0 saturated heterocycles. The molecule has 3 rings (SSSR count). The normalized spacial score (nSPS) is 14.7. The number of ether oxygens (including phenoxy) is 3. The Bertz CT molecular complexity index is 979. The van der Waals surface area contributed by atoms with Crippen molar-refractivity contribution in [1.29, 1.82) is 0 Å². The van der Waals surface area contributed by atoms with Gasteiger partial charge in [0.25, 0.3) is 5.91 Å². The summed E-state index contributed by atoms with van der Waals surface area (Å²) in [7, 11) is 1.57. The molecule has 2 aromatic rings. The van der Waals surface area contributed by atoms with Crippen LogP contribution in [-0.2, 0) is 9.59 Å². The third-order valence-electron chi connectivity index (χ3n) is 4.17. The molecule has 0 aromatic heterocycles. The van der Waals surface area contributed by atoms with Gasteiger partial charge in [-0.3, -0.25) is 14.4 Å². The van der Waals surface area contributed by atoms with Crippen molar-refractivity contribution in [3.8, 4) is 17.2 Å². The average molecular weight is 397 g/mol. The predicted molar refractivity (Wildman–Crippen MR) is 103 cm³/mol. The number of carbonyl (C=O) groups excluding carboxylic acids is 2. The van der Waals surface area contributed by atoms with Crippen molar-refractivity contribution in [1.82, 2.24) is 5.32 Å². The summed E-state index contributed by atoms with van der Waals surface area (Å²) in [6, 6.07) is 10.8. The van der Waals surface area contributed by atoms with Crippen molar-refractivity contribution in [3.05, 3.63) is 59.4 Å². The number of carboxylic acids is 1. The second-order valence-corrected chi connectivity index (χ2v) is 6.29. The molecule has 1 atom stereocenters. The maximum atomic E-state index is 12.5. The predicted octanol–water partition coefficient (Wildman–Crippen LogP) is 2.28. The fourth-order valence-electron chi connectivity index (χ4n) is 2.60. The van der Waals surface area contributed by atoms with Crippen molar-refractivity contribution in [3.63, 3.8) is 0 Å². The fourth-order valence-corrected chi connectivity index (χ4v) is 2.60. The molecule has 29 heavy (non-hydrogen) atoms. The molecule has 1 heterocycles. The zero-order valence-electron chi connectivity index (χ0n) is 15.8. The van der Waals surface area contributed by atoms with Crippen molar-refractivity contribution < 1.29 is 33.7 Å². The molecule has 2 N–H and O–H groups in total. The smallest absolute Gasteiger partial charge is 0.325 e. The zero-order chi connectivity index (χ0) is 21.0. The molecule has 2 aromatic carbocycles. The van der Waals surface area contributed by atoms with Crippen LogP contribution in [0.25, 0.3) is 6.08 Å². The lowest BCUT2D eigenvalue weighted by molar-refractivity contribution is -0.141. The molecular formula is C21H19NO7. The van der Waals surface area contributed by atoms with E-state index in [2.05, 4.69) is 5.32 Å². The van der Waals surface area contributed by atoms with E-state index < -0.39 is 17.9 Å². The van der Waals surface area contributed by atoms with Gasteiger partial charge in [-0.2, -0.15) is 0 Å². The molecule has 0 unspecified atom stereocenters. The molecule has 1 aliphatic heterocycles. The third kappa shape index (κ3) is 4.73. The second-order valence-electron chi connectivity index (χ2n) is 6.29. The van der Waals surface area contributed by atoms with E-state index in [0.717, 1.165) is 5.56 Å². The van der Waals surface area contributed by atoms with Gasteiger partial charge in [0.05, 0.1) is 12.7 Å². The van der Waals surface area contributed by atoms with Crippen molar-refractivity contribution in [2.75, 3.05) is 13.7 Å². The largest absolute Gasteiger partial charge is 0.497 e. The van der Waals surface area contributed by atoms with Gasteiger partial charge in [-0.05, 0) is 42.8 Å². The Hall–Kier alpha value is -3.81. The van der Waals surface area contributed by atoms with Crippen LogP contribution in [0, 0.1) is 0 Å².